The summed E-state index contributed by atoms with van der Waals surface area (Å²) in [4.78, 5) is 8.10. The van der Waals surface area contributed by atoms with E-state index < -0.39 is 0 Å². The fourth-order valence-electron chi connectivity index (χ4n) is 0.860. The second-order valence-corrected chi connectivity index (χ2v) is 2.18. The van der Waals surface area contributed by atoms with Gasteiger partial charge in [0.15, 0.2) is 5.82 Å². The van der Waals surface area contributed by atoms with E-state index >= 15 is 0 Å². The third-order valence-electron chi connectivity index (χ3n) is 1.38. The summed E-state index contributed by atoms with van der Waals surface area (Å²) in [6, 6.07) is 5.58. The first-order valence-corrected chi connectivity index (χ1v) is 3.52. The minimum absolute atomic E-state index is 0.554. The van der Waals surface area contributed by atoms with E-state index in [1.54, 1.807) is 12.4 Å². The number of rotatable bonds is 1. The molecule has 0 aliphatic heterocycles. The standard InChI is InChI=1S/C8H6N4/c1-2-4-9-7(3-1)8-10-5-6-11-12-8/h1-6H. The summed E-state index contributed by atoms with van der Waals surface area (Å²) in [6.45, 7) is 0. The van der Waals surface area contributed by atoms with Crippen LogP contribution in [0.4, 0.5) is 0 Å². The largest absolute Gasteiger partial charge is 0.253 e. The van der Waals surface area contributed by atoms with Gasteiger partial charge < -0.3 is 0 Å². The van der Waals surface area contributed by atoms with Crippen LogP contribution < -0.4 is 0 Å². The van der Waals surface area contributed by atoms with Crippen LogP contribution in [0.1, 0.15) is 0 Å². The Morgan fingerprint density at radius 1 is 0.917 bits per heavy atom. The summed E-state index contributed by atoms with van der Waals surface area (Å²) in [5, 5.41) is 7.53. The maximum Gasteiger partial charge on any atom is 0.200 e. The lowest BCUT2D eigenvalue weighted by molar-refractivity contribution is 0.970. The van der Waals surface area contributed by atoms with Crippen LogP contribution >= 0.6 is 0 Å². The minimum atomic E-state index is 0.554. The molecule has 2 aromatic rings. The molecule has 12 heavy (non-hydrogen) atoms. The van der Waals surface area contributed by atoms with Gasteiger partial charge in [-0.1, -0.05) is 6.07 Å². The quantitative estimate of drug-likeness (QED) is 0.619. The van der Waals surface area contributed by atoms with E-state index in [1.165, 1.54) is 6.20 Å². The second-order valence-electron chi connectivity index (χ2n) is 2.18. The van der Waals surface area contributed by atoms with Crippen LogP contribution in [-0.4, -0.2) is 20.2 Å². The second kappa shape index (κ2) is 3.04. The predicted molar refractivity (Wildman–Crippen MR) is 43.1 cm³/mol. The molecule has 0 saturated heterocycles. The SMILES string of the molecule is c1ccc(-c2nccnn2)nc1. The van der Waals surface area contributed by atoms with Crippen LogP contribution in [0.2, 0.25) is 0 Å². The van der Waals surface area contributed by atoms with Crippen LogP contribution in [0.5, 0.6) is 0 Å². The Morgan fingerprint density at radius 2 is 1.92 bits per heavy atom. The summed E-state index contributed by atoms with van der Waals surface area (Å²) in [5.41, 5.74) is 0.741. The maximum atomic E-state index is 4.08. The van der Waals surface area contributed by atoms with E-state index in [2.05, 4.69) is 20.2 Å². The molecule has 0 aromatic carbocycles. The average Bonchev–Trinajstić information content (AvgIpc) is 2.21. The number of hydrogen-bond acceptors (Lipinski definition) is 4. The maximum absolute atomic E-state index is 4.08. The zero-order valence-corrected chi connectivity index (χ0v) is 6.25. The highest BCUT2D eigenvalue weighted by molar-refractivity contribution is 5.46. The molecule has 0 radical (unpaired) electrons. The van der Waals surface area contributed by atoms with Gasteiger partial charge in [0, 0.05) is 12.4 Å². The first-order chi connectivity index (χ1) is 5.97. The van der Waals surface area contributed by atoms with Crippen molar-refractivity contribution in [2.24, 2.45) is 0 Å². The number of pyridine rings is 1. The van der Waals surface area contributed by atoms with E-state index in [0.29, 0.717) is 5.82 Å². The van der Waals surface area contributed by atoms with Gasteiger partial charge in [-0.15, -0.1) is 5.10 Å². The van der Waals surface area contributed by atoms with Crippen molar-refractivity contribution < 1.29 is 0 Å². The highest BCUT2D eigenvalue weighted by atomic mass is 15.1. The summed E-state index contributed by atoms with van der Waals surface area (Å²) in [6.07, 6.45) is 4.83. The minimum Gasteiger partial charge on any atom is -0.253 e. The van der Waals surface area contributed by atoms with Crippen molar-refractivity contribution in [3.63, 3.8) is 0 Å². The number of nitrogens with zero attached hydrogens (tertiary/aromatic N) is 4. The molecule has 0 aliphatic rings. The molecular weight excluding hydrogens is 152 g/mol. The lowest BCUT2D eigenvalue weighted by atomic mass is 10.3. The van der Waals surface area contributed by atoms with Gasteiger partial charge in [0.05, 0.1) is 6.20 Å². The van der Waals surface area contributed by atoms with Gasteiger partial charge in [-0.3, -0.25) is 4.98 Å². The Hall–Kier alpha value is -1.84. The molecule has 0 saturated carbocycles. The van der Waals surface area contributed by atoms with Crippen LogP contribution in [-0.2, 0) is 0 Å². The lowest BCUT2D eigenvalue weighted by Crippen LogP contribution is -1.91. The summed E-state index contributed by atoms with van der Waals surface area (Å²) < 4.78 is 0. The van der Waals surface area contributed by atoms with Gasteiger partial charge in [0.1, 0.15) is 5.69 Å². The molecule has 0 aliphatic carbocycles. The predicted octanol–water partition coefficient (Wildman–Crippen LogP) is 0.934. The van der Waals surface area contributed by atoms with Crippen molar-refractivity contribution in [2.45, 2.75) is 0 Å². The van der Waals surface area contributed by atoms with Gasteiger partial charge in [-0.05, 0) is 12.1 Å². The molecule has 0 bridgehead atoms. The molecular formula is C8H6N4. The van der Waals surface area contributed by atoms with Gasteiger partial charge in [0.2, 0.25) is 0 Å². The zero-order chi connectivity index (χ0) is 8.23. The first-order valence-electron chi connectivity index (χ1n) is 3.52. The number of hydrogen-bond donors (Lipinski definition) is 0. The summed E-state index contributed by atoms with van der Waals surface area (Å²) in [5.74, 6) is 0.554. The van der Waals surface area contributed by atoms with Crippen LogP contribution in [0.15, 0.2) is 36.8 Å². The summed E-state index contributed by atoms with van der Waals surface area (Å²) >= 11 is 0. The Bertz CT molecular complexity index is 308. The highest BCUT2D eigenvalue weighted by Crippen LogP contribution is 2.06. The van der Waals surface area contributed by atoms with Gasteiger partial charge in [0.25, 0.3) is 0 Å². The van der Waals surface area contributed by atoms with E-state index in [4.69, 9.17) is 0 Å². The van der Waals surface area contributed by atoms with Crippen molar-refractivity contribution >= 4 is 0 Å². The molecule has 2 rings (SSSR count). The molecule has 2 aromatic heterocycles. The molecule has 0 atom stereocenters. The lowest BCUT2D eigenvalue weighted by Gasteiger charge is -1.94. The molecule has 4 nitrogen and oxygen atoms in total. The third kappa shape index (κ3) is 1.27. The van der Waals surface area contributed by atoms with Crippen molar-refractivity contribution in [3.8, 4) is 11.5 Å². The van der Waals surface area contributed by atoms with Crippen LogP contribution in [0.25, 0.3) is 11.5 Å². The van der Waals surface area contributed by atoms with E-state index in [0.717, 1.165) is 5.69 Å². The monoisotopic (exact) mass is 158 g/mol. The Labute approximate surface area is 69.3 Å². The Kier molecular flexibility index (Phi) is 1.74. The van der Waals surface area contributed by atoms with Crippen LogP contribution in [0, 0.1) is 0 Å². The molecule has 58 valence electrons. The fourth-order valence-corrected chi connectivity index (χ4v) is 0.860. The Morgan fingerprint density at radius 3 is 2.58 bits per heavy atom. The van der Waals surface area contributed by atoms with Gasteiger partial charge in [-0.2, -0.15) is 5.10 Å². The van der Waals surface area contributed by atoms with E-state index in [1.807, 2.05) is 18.2 Å². The fraction of sp³-hybridized carbons (Fsp3) is 0. The molecule has 0 N–H and O–H groups in total. The molecule has 2 heterocycles. The van der Waals surface area contributed by atoms with Crippen LogP contribution in [0.3, 0.4) is 0 Å². The zero-order valence-electron chi connectivity index (χ0n) is 6.25. The Balaban J connectivity index is 2.46. The van der Waals surface area contributed by atoms with E-state index in [-0.39, 0.29) is 0 Å². The summed E-state index contributed by atoms with van der Waals surface area (Å²) in [7, 11) is 0. The topological polar surface area (TPSA) is 51.6 Å². The van der Waals surface area contributed by atoms with Gasteiger partial charge in [-0.25, -0.2) is 4.98 Å². The smallest absolute Gasteiger partial charge is 0.200 e. The van der Waals surface area contributed by atoms with Gasteiger partial charge >= 0.3 is 0 Å². The normalized spacial score (nSPS) is 9.67. The van der Waals surface area contributed by atoms with Crippen molar-refractivity contribution in [2.75, 3.05) is 0 Å². The molecule has 0 unspecified atom stereocenters. The molecule has 0 fully saturated rings. The average molecular weight is 158 g/mol. The molecule has 0 spiro atoms. The molecule has 0 amide bonds. The number of aromatic nitrogens is 4. The third-order valence-corrected chi connectivity index (χ3v) is 1.38. The van der Waals surface area contributed by atoms with Crippen molar-refractivity contribution in [1.82, 2.24) is 20.2 Å². The molecule has 4 heteroatoms. The van der Waals surface area contributed by atoms with E-state index in [9.17, 15) is 0 Å². The highest BCUT2D eigenvalue weighted by Gasteiger charge is 1.98. The first kappa shape index (κ1) is 6.84. The van der Waals surface area contributed by atoms with Crippen molar-refractivity contribution in [1.29, 1.82) is 0 Å². The van der Waals surface area contributed by atoms with Crippen molar-refractivity contribution in [3.05, 3.63) is 36.8 Å².